The van der Waals surface area contributed by atoms with Crippen LogP contribution in [0.2, 0.25) is 0 Å². The van der Waals surface area contributed by atoms with E-state index in [2.05, 4.69) is 48.4 Å². The van der Waals surface area contributed by atoms with Crippen LogP contribution in [-0.2, 0) is 24.1 Å². The highest BCUT2D eigenvalue weighted by molar-refractivity contribution is 7.09. The number of aromatic carboxylic acids is 1. The number of thiazole rings is 1. The van der Waals surface area contributed by atoms with Gasteiger partial charge in [0.25, 0.3) is 0 Å². The van der Waals surface area contributed by atoms with Crippen LogP contribution in [0.25, 0.3) is 0 Å². The Bertz CT molecular complexity index is 708. The van der Waals surface area contributed by atoms with Crippen molar-refractivity contribution >= 4 is 23.2 Å². The molecule has 1 amide bonds. The molecule has 0 bridgehead atoms. The van der Waals surface area contributed by atoms with Gasteiger partial charge in [-0.2, -0.15) is 0 Å². The molecule has 0 aliphatic rings. The number of rotatable bonds is 9. The van der Waals surface area contributed by atoms with E-state index in [4.69, 9.17) is 5.11 Å². The largest absolute Gasteiger partial charge is 0.476 e. The highest BCUT2D eigenvalue weighted by atomic mass is 32.1. The van der Waals surface area contributed by atoms with Crippen LogP contribution in [0.15, 0.2) is 29.6 Å². The van der Waals surface area contributed by atoms with E-state index in [1.165, 1.54) is 22.3 Å². The van der Waals surface area contributed by atoms with Crippen molar-refractivity contribution in [3.63, 3.8) is 0 Å². The Labute approximate surface area is 152 Å². The van der Waals surface area contributed by atoms with E-state index < -0.39 is 5.97 Å². The van der Waals surface area contributed by atoms with Crippen LogP contribution in [0.3, 0.4) is 0 Å². The second-order valence-electron chi connectivity index (χ2n) is 6.45. The van der Waals surface area contributed by atoms with Gasteiger partial charge in [-0.05, 0) is 29.9 Å². The van der Waals surface area contributed by atoms with E-state index in [0.717, 1.165) is 17.0 Å². The van der Waals surface area contributed by atoms with E-state index in [1.54, 1.807) is 0 Å². The minimum Gasteiger partial charge on any atom is -0.476 e. The predicted molar refractivity (Wildman–Crippen MR) is 99.1 cm³/mol. The summed E-state index contributed by atoms with van der Waals surface area (Å²) in [5.74, 6) is -0.381. The van der Waals surface area contributed by atoms with Crippen molar-refractivity contribution in [3.8, 4) is 0 Å². The average molecular weight is 360 g/mol. The van der Waals surface area contributed by atoms with Crippen molar-refractivity contribution in [2.45, 2.75) is 39.5 Å². The summed E-state index contributed by atoms with van der Waals surface area (Å²) < 4.78 is 0. The fourth-order valence-electron chi connectivity index (χ4n) is 2.49. The lowest BCUT2D eigenvalue weighted by atomic mass is 10.0. The number of carboxylic acids is 1. The maximum Gasteiger partial charge on any atom is 0.355 e. The van der Waals surface area contributed by atoms with Crippen LogP contribution in [0, 0.1) is 5.92 Å². The second-order valence-corrected chi connectivity index (χ2v) is 7.39. The van der Waals surface area contributed by atoms with Crippen LogP contribution in [0.1, 0.15) is 46.9 Å². The molecule has 0 spiro atoms. The van der Waals surface area contributed by atoms with Crippen molar-refractivity contribution in [3.05, 3.63) is 51.5 Å². The molecule has 25 heavy (non-hydrogen) atoms. The molecule has 2 N–H and O–H groups in total. The number of carbonyl (C=O) groups excluding carboxylic acids is 1. The van der Waals surface area contributed by atoms with Gasteiger partial charge in [-0.15, -0.1) is 11.3 Å². The first-order valence-electron chi connectivity index (χ1n) is 8.46. The lowest BCUT2D eigenvalue weighted by molar-refractivity contribution is -0.121. The molecule has 134 valence electrons. The van der Waals surface area contributed by atoms with Crippen LogP contribution in [0.4, 0.5) is 0 Å². The van der Waals surface area contributed by atoms with Gasteiger partial charge in [0.1, 0.15) is 0 Å². The lowest BCUT2D eigenvalue weighted by Crippen LogP contribution is -2.25. The molecule has 5 nitrogen and oxygen atoms in total. The van der Waals surface area contributed by atoms with Gasteiger partial charge in [0.15, 0.2) is 5.69 Å². The Hall–Kier alpha value is -2.21. The average Bonchev–Trinajstić information content (AvgIpc) is 3.03. The lowest BCUT2D eigenvalue weighted by Gasteiger charge is -2.07. The summed E-state index contributed by atoms with van der Waals surface area (Å²) in [4.78, 5) is 26.7. The predicted octanol–water partition coefficient (Wildman–Crippen LogP) is 3.33. The monoisotopic (exact) mass is 360 g/mol. The van der Waals surface area contributed by atoms with E-state index >= 15 is 0 Å². The third kappa shape index (κ3) is 6.66. The minimum atomic E-state index is -1.02. The molecule has 0 aliphatic heterocycles. The summed E-state index contributed by atoms with van der Waals surface area (Å²) in [6.45, 7) is 4.87. The third-order valence-corrected chi connectivity index (χ3v) is 4.65. The van der Waals surface area contributed by atoms with Crippen molar-refractivity contribution in [1.82, 2.24) is 10.3 Å². The molecule has 0 atom stereocenters. The minimum absolute atomic E-state index is 0.00118. The summed E-state index contributed by atoms with van der Waals surface area (Å²) >= 11 is 1.30. The molecule has 2 rings (SSSR count). The first kappa shape index (κ1) is 19.1. The highest BCUT2D eigenvalue weighted by Gasteiger charge is 2.09. The van der Waals surface area contributed by atoms with Gasteiger partial charge in [0.05, 0.1) is 5.01 Å². The first-order valence-corrected chi connectivity index (χ1v) is 9.34. The summed E-state index contributed by atoms with van der Waals surface area (Å²) in [6, 6.07) is 8.45. The number of carboxylic acid groups (broad SMARTS) is 1. The Morgan fingerprint density at radius 1 is 1.16 bits per heavy atom. The fourth-order valence-corrected chi connectivity index (χ4v) is 3.26. The number of carbonyl (C=O) groups is 2. The zero-order valence-electron chi connectivity index (χ0n) is 14.6. The molecule has 1 heterocycles. The number of nitrogens with zero attached hydrogens (tertiary/aromatic N) is 1. The summed E-state index contributed by atoms with van der Waals surface area (Å²) in [6.07, 6.45) is 2.78. The Kier molecular flexibility index (Phi) is 7.13. The topological polar surface area (TPSA) is 79.3 Å². The number of benzene rings is 1. The molecule has 0 unspecified atom stereocenters. The number of aryl methyl sites for hydroxylation is 1. The molecule has 6 heteroatoms. The third-order valence-electron chi connectivity index (χ3n) is 3.74. The van der Waals surface area contributed by atoms with Crippen molar-refractivity contribution in [2.24, 2.45) is 5.92 Å². The van der Waals surface area contributed by atoms with Gasteiger partial charge in [-0.1, -0.05) is 38.1 Å². The normalized spacial score (nSPS) is 10.8. The second kappa shape index (κ2) is 9.32. The standard InChI is InChI=1S/C19H24N2O3S/c1-13(2)11-15-5-3-14(4-6-15)7-8-17(22)20-10-9-18-21-16(12-25-18)19(23)24/h3-6,12-13H,7-11H2,1-2H3,(H,20,22)(H,23,24). The van der Waals surface area contributed by atoms with Crippen LogP contribution >= 0.6 is 11.3 Å². The van der Waals surface area contributed by atoms with E-state index in [1.807, 2.05) is 0 Å². The Balaban J connectivity index is 1.68. The molecule has 0 saturated carbocycles. The van der Waals surface area contributed by atoms with Gasteiger partial charge in [-0.3, -0.25) is 4.79 Å². The highest BCUT2D eigenvalue weighted by Crippen LogP contribution is 2.12. The number of nitrogens with one attached hydrogen (secondary N) is 1. The fraction of sp³-hybridized carbons (Fsp3) is 0.421. The van der Waals surface area contributed by atoms with Crippen LogP contribution in [-0.4, -0.2) is 28.5 Å². The van der Waals surface area contributed by atoms with Gasteiger partial charge in [0, 0.05) is 24.8 Å². The van der Waals surface area contributed by atoms with Gasteiger partial charge in [0.2, 0.25) is 5.91 Å². The quantitative estimate of drug-likeness (QED) is 0.719. The summed E-state index contributed by atoms with van der Waals surface area (Å²) in [5.41, 5.74) is 2.55. The van der Waals surface area contributed by atoms with Crippen molar-refractivity contribution in [2.75, 3.05) is 6.54 Å². The molecule has 1 aromatic heterocycles. The molecular formula is C19H24N2O3S. The van der Waals surface area contributed by atoms with Gasteiger partial charge < -0.3 is 10.4 Å². The molecule has 0 saturated heterocycles. The summed E-state index contributed by atoms with van der Waals surface area (Å²) in [7, 11) is 0. The van der Waals surface area contributed by atoms with E-state index in [0.29, 0.717) is 31.7 Å². The molecule has 1 aromatic carbocycles. The number of aromatic nitrogens is 1. The number of amides is 1. The van der Waals surface area contributed by atoms with Gasteiger partial charge in [-0.25, -0.2) is 9.78 Å². The van der Waals surface area contributed by atoms with Gasteiger partial charge >= 0.3 is 5.97 Å². The molecule has 0 aliphatic carbocycles. The first-order chi connectivity index (χ1) is 11.9. The molecule has 0 radical (unpaired) electrons. The maximum atomic E-state index is 11.9. The van der Waals surface area contributed by atoms with Crippen LogP contribution in [0.5, 0.6) is 0 Å². The Morgan fingerprint density at radius 3 is 2.44 bits per heavy atom. The molecule has 0 fully saturated rings. The molecule has 2 aromatic rings. The Morgan fingerprint density at radius 2 is 1.84 bits per heavy atom. The molecular weight excluding hydrogens is 336 g/mol. The maximum absolute atomic E-state index is 11.9. The van der Waals surface area contributed by atoms with Crippen molar-refractivity contribution in [1.29, 1.82) is 0 Å². The zero-order chi connectivity index (χ0) is 18.2. The zero-order valence-corrected chi connectivity index (χ0v) is 15.4. The number of hydrogen-bond acceptors (Lipinski definition) is 4. The SMILES string of the molecule is CC(C)Cc1ccc(CCC(=O)NCCc2nc(C(=O)O)cs2)cc1. The van der Waals surface area contributed by atoms with Crippen molar-refractivity contribution < 1.29 is 14.7 Å². The van der Waals surface area contributed by atoms with E-state index in [9.17, 15) is 9.59 Å². The van der Waals surface area contributed by atoms with Crippen LogP contribution < -0.4 is 5.32 Å². The smallest absolute Gasteiger partial charge is 0.355 e. The van der Waals surface area contributed by atoms with E-state index in [-0.39, 0.29) is 11.6 Å². The summed E-state index contributed by atoms with van der Waals surface area (Å²) in [5, 5.41) is 13.9. The number of hydrogen-bond donors (Lipinski definition) is 2.